The van der Waals surface area contributed by atoms with Crippen molar-refractivity contribution < 1.29 is 9.53 Å². The molecular formula is C12H24N2O2. The first kappa shape index (κ1) is 13.5. The standard InChI is InChI=1S/C12H24N2O2/c1-3-13-12(15)10(2)14-8-9-16-11-6-4-5-7-11/h10-11,14H,3-9H2,1-2H3,(H,13,15). The van der Waals surface area contributed by atoms with Gasteiger partial charge in [0.15, 0.2) is 0 Å². The second-order valence-corrected chi connectivity index (χ2v) is 4.35. The molecule has 4 heteroatoms. The molecule has 1 atom stereocenters. The predicted octanol–water partition coefficient (Wildman–Crippen LogP) is 1.06. The van der Waals surface area contributed by atoms with Gasteiger partial charge in [-0.15, -0.1) is 0 Å². The average molecular weight is 228 g/mol. The van der Waals surface area contributed by atoms with E-state index in [0.29, 0.717) is 19.3 Å². The lowest BCUT2D eigenvalue weighted by Gasteiger charge is -2.15. The van der Waals surface area contributed by atoms with Crippen molar-refractivity contribution in [1.29, 1.82) is 0 Å². The minimum atomic E-state index is -0.132. The molecule has 2 N–H and O–H groups in total. The third-order valence-electron chi connectivity index (χ3n) is 2.95. The van der Waals surface area contributed by atoms with E-state index >= 15 is 0 Å². The van der Waals surface area contributed by atoms with Crippen molar-refractivity contribution in [3.05, 3.63) is 0 Å². The van der Waals surface area contributed by atoms with Crippen LogP contribution in [0.2, 0.25) is 0 Å². The molecule has 0 saturated heterocycles. The summed E-state index contributed by atoms with van der Waals surface area (Å²) in [5, 5.41) is 5.94. The van der Waals surface area contributed by atoms with Crippen molar-refractivity contribution in [3.8, 4) is 0 Å². The Balaban J connectivity index is 1.99. The smallest absolute Gasteiger partial charge is 0.236 e. The molecule has 0 spiro atoms. The van der Waals surface area contributed by atoms with Gasteiger partial charge in [-0.25, -0.2) is 0 Å². The van der Waals surface area contributed by atoms with Crippen molar-refractivity contribution >= 4 is 5.91 Å². The number of hydrogen-bond acceptors (Lipinski definition) is 3. The Morgan fingerprint density at radius 3 is 2.75 bits per heavy atom. The number of nitrogens with one attached hydrogen (secondary N) is 2. The monoisotopic (exact) mass is 228 g/mol. The summed E-state index contributed by atoms with van der Waals surface area (Å²) in [6, 6.07) is -0.132. The van der Waals surface area contributed by atoms with Crippen molar-refractivity contribution in [1.82, 2.24) is 10.6 Å². The topological polar surface area (TPSA) is 50.4 Å². The van der Waals surface area contributed by atoms with Crippen LogP contribution < -0.4 is 10.6 Å². The van der Waals surface area contributed by atoms with E-state index in [-0.39, 0.29) is 11.9 Å². The van der Waals surface area contributed by atoms with Gasteiger partial charge < -0.3 is 15.4 Å². The molecule has 0 aliphatic heterocycles. The van der Waals surface area contributed by atoms with Crippen LogP contribution in [0.1, 0.15) is 39.5 Å². The van der Waals surface area contributed by atoms with Gasteiger partial charge in [-0.2, -0.15) is 0 Å². The summed E-state index contributed by atoms with van der Waals surface area (Å²) in [6.07, 6.45) is 5.46. The molecule has 1 fully saturated rings. The number of ether oxygens (including phenoxy) is 1. The lowest BCUT2D eigenvalue weighted by atomic mass is 10.3. The number of carbonyl (C=O) groups is 1. The zero-order valence-electron chi connectivity index (χ0n) is 10.4. The van der Waals surface area contributed by atoms with E-state index in [1.54, 1.807) is 0 Å². The fourth-order valence-corrected chi connectivity index (χ4v) is 1.98. The Labute approximate surface area is 98.1 Å². The number of hydrogen-bond donors (Lipinski definition) is 2. The Morgan fingerprint density at radius 1 is 1.44 bits per heavy atom. The third kappa shape index (κ3) is 4.94. The van der Waals surface area contributed by atoms with E-state index in [4.69, 9.17) is 4.74 Å². The first-order chi connectivity index (χ1) is 7.74. The number of amides is 1. The summed E-state index contributed by atoms with van der Waals surface area (Å²) >= 11 is 0. The minimum absolute atomic E-state index is 0.0587. The highest BCUT2D eigenvalue weighted by molar-refractivity contribution is 5.81. The van der Waals surface area contributed by atoms with Gasteiger partial charge in [-0.05, 0) is 26.7 Å². The Kier molecular flexibility index (Phi) is 6.42. The van der Waals surface area contributed by atoms with Gasteiger partial charge in [0.05, 0.1) is 18.8 Å². The van der Waals surface area contributed by atoms with Crippen molar-refractivity contribution in [2.24, 2.45) is 0 Å². The maximum absolute atomic E-state index is 11.4. The van der Waals surface area contributed by atoms with Crippen molar-refractivity contribution in [2.45, 2.75) is 51.7 Å². The summed E-state index contributed by atoms with van der Waals surface area (Å²) in [4.78, 5) is 11.4. The second kappa shape index (κ2) is 7.63. The molecule has 1 aliphatic rings. The number of likely N-dealkylation sites (N-methyl/N-ethyl adjacent to an activating group) is 1. The zero-order valence-corrected chi connectivity index (χ0v) is 10.4. The summed E-state index contributed by atoms with van der Waals surface area (Å²) in [7, 11) is 0. The first-order valence-corrected chi connectivity index (χ1v) is 6.36. The minimum Gasteiger partial charge on any atom is -0.377 e. The quantitative estimate of drug-likeness (QED) is 0.641. The van der Waals surface area contributed by atoms with Crippen LogP contribution in [0.4, 0.5) is 0 Å². The molecule has 0 aromatic carbocycles. The molecule has 1 amide bonds. The predicted molar refractivity (Wildman–Crippen MR) is 64.4 cm³/mol. The van der Waals surface area contributed by atoms with E-state index in [1.165, 1.54) is 25.7 Å². The van der Waals surface area contributed by atoms with Crippen LogP contribution in [0.3, 0.4) is 0 Å². The number of rotatable bonds is 7. The molecule has 1 unspecified atom stereocenters. The highest BCUT2D eigenvalue weighted by Crippen LogP contribution is 2.20. The molecule has 1 aliphatic carbocycles. The van der Waals surface area contributed by atoms with Crippen molar-refractivity contribution in [2.75, 3.05) is 19.7 Å². The lowest BCUT2D eigenvalue weighted by Crippen LogP contribution is -2.43. The molecule has 0 heterocycles. The highest BCUT2D eigenvalue weighted by Gasteiger charge is 2.15. The molecule has 16 heavy (non-hydrogen) atoms. The van der Waals surface area contributed by atoms with Gasteiger partial charge in [-0.3, -0.25) is 4.79 Å². The molecule has 0 radical (unpaired) electrons. The molecule has 0 bridgehead atoms. The van der Waals surface area contributed by atoms with Gasteiger partial charge in [0.25, 0.3) is 0 Å². The Morgan fingerprint density at radius 2 is 2.12 bits per heavy atom. The number of carbonyl (C=O) groups excluding carboxylic acids is 1. The van der Waals surface area contributed by atoms with Crippen LogP contribution in [0.5, 0.6) is 0 Å². The van der Waals surface area contributed by atoms with Gasteiger partial charge in [0.1, 0.15) is 0 Å². The van der Waals surface area contributed by atoms with Crippen LogP contribution in [0.15, 0.2) is 0 Å². The van der Waals surface area contributed by atoms with E-state index in [2.05, 4.69) is 10.6 Å². The lowest BCUT2D eigenvalue weighted by molar-refractivity contribution is -0.122. The van der Waals surface area contributed by atoms with Crippen LogP contribution >= 0.6 is 0 Å². The van der Waals surface area contributed by atoms with Crippen molar-refractivity contribution in [3.63, 3.8) is 0 Å². The van der Waals surface area contributed by atoms with Crippen LogP contribution in [0.25, 0.3) is 0 Å². The third-order valence-corrected chi connectivity index (χ3v) is 2.95. The van der Waals surface area contributed by atoms with Gasteiger partial charge in [-0.1, -0.05) is 12.8 Å². The SMILES string of the molecule is CCNC(=O)C(C)NCCOC1CCCC1. The van der Waals surface area contributed by atoms with E-state index in [1.807, 2.05) is 13.8 Å². The first-order valence-electron chi connectivity index (χ1n) is 6.36. The molecule has 1 saturated carbocycles. The molecule has 0 aromatic heterocycles. The average Bonchev–Trinajstić information content (AvgIpc) is 2.77. The normalized spacial score (nSPS) is 18.6. The zero-order chi connectivity index (χ0) is 11.8. The highest BCUT2D eigenvalue weighted by atomic mass is 16.5. The molecular weight excluding hydrogens is 204 g/mol. The summed E-state index contributed by atoms with van der Waals surface area (Å²) in [5.41, 5.74) is 0. The van der Waals surface area contributed by atoms with Gasteiger partial charge in [0.2, 0.25) is 5.91 Å². The molecule has 0 aromatic rings. The molecule has 1 rings (SSSR count). The van der Waals surface area contributed by atoms with Crippen LogP contribution in [-0.4, -0.2) is 37.7 Å². The van der Waals surface area contributed by atoms with Crippen LogP contribution in [-0.2, 0) is 9.53 Å². The molecule has 94 valence electrons. The van der Waals surface area contributed by atoms with E-state index in [0.717, 1.165) is 6.54 Å². The Bertz CT molecular complexity index is 203. The second-order valence-electron chi connectivity index (χ2n) is 4.35. The molecule has 4 nitrogen and oxygen atoms in total. The fraction of sp³-hybridized carbons (Fsp3) is 0.917. The van der Waals surface area contributed by atoms with E-state index < -0.39 is 0 Å². The van der Waals surface area contributed by atoms with Gasteiger partial charge >= 0.3 is 0 Å². The maximum Gasteiger partial charge on any atom is 0.236 e. The maximum atomic E-state index is 11.4. The Hall–Kier alpha value is -0.610. The summed E-state index contributed by atoms with van der Waals surface area (Å²) in [5.74, 6) is 0.0587. The van der Waals surface area contributed by atoms with Crippen LogP contribution in [0, 0.1) is 0 Å². The fourth-order valence-electron chi connectivity index (χ4n) is 1.98. The largest absolute Gasteiger partial charge is 0.377 e. The summed E-state index contributed by atoms with van der Waals surface area (Å²) in [6.45, 7) is 5.93. The van der Waals surface area contributed by atoms with E-state index in [9.17, 15) is 4.79 Å². The summed E-state index contributed by atoms with van der Waals surface area (Å²) < 4.78 is 5.70. The van der Waals surface area contributed by atoms with Gasteiger partial charge in [0, 0.05) is 13.1 Å².